The average Bonchev–Trinajstić information content (AvgIpc) is 3.01. The van der Waals surface area contributed by atoms with E-state index in [0.717, 1.165) is 0 Å². The molecular formula is C19H20N2. The molecule has 1 heterocycles. The Balaban J connectivity index is 1.84. The summed E-state index contributed by atoms with van der Waals surface area (Å²) in [7, 11) is 0. The van der Waals surface area contributed by atoms with E-state index >= 15 is 0 Å². The lowest BCUT2D eigenvalue weighted by Crippen LogP contribution is -2.33. The summed E-state index contributed by atoms with van der Waals surface area (Å²) in [5, 5.41) is 2.12. The van der Waals surface area contributed by atoms with Gasteiger partial charge >= 0.3 is 0 Å². The highest BCUT2D eigenvalue weighted by Crippen LogP contribution is 2.49. The molecule has 2 aliphatic rings. The van der Waals surface area contributed by atoms with Crippen LogP contribution >= 0.6 is 0 Å². The molecule has 1 atom stereocenters. The second kappa shape index (κ2) is 4.22. The minimum atomic E-state index is 0.0665. The average molecular weight is 276 g/mol. The lowest BCUT2D eigenvalue weighted by atomic mass is 9.82. The second-order valence-electron chi connectivity index (χ2n) is 6.53. The van der Waals surface area contributed by atoms with Crippen molar-refractivity contribution in [2.24, 2.45) is 0 Å². The first kappa shape index (κ1) is 12.7. The zero-order valence-corrected chi connectivity index (χ0v) is 12.7. The van der Waals surface area contributed by atoms with Gasteiger partial charge in [-0.3, -0.25) is 5.01 Å². The first-order chi connectivity index (χ1) is 10.1. The third-order valence-electron chi connectivity index (χ3n) is 4.71. The summed E-state index contributed by atoms with van der Waals surface area (Å²) >= 11 is 0. The summed E-state index contributed by atoms with van der Waals surface area (Å²) in [6.07, 6.45) is 4.29. The standard InChI is InChI=1S/C19H20N2/c1-13-10-11-21(20-13)14-8-9-16-15-6-4-5-7-17(15)19(2,3)18(16)12-14/h4-13,20H,1-3H3. The summed E-state index contributed by atoms with van der Waals surface area (Å²) in [6, 6.07) is 15.9. The maximum Gasteiger partial charge on any atom is 0.0574 e. The van der Waals surface area contributed by atoms with Gasteiger partial charge in [-0.1, -0.05) is 44.2 Å². The quantitative estimate of drug-likeness (QED) is 0.839. The number of fused-ring (bicyclic) bond motifs is 3. The van der Waals surface area contributed by atoms with Crippen LogP contribution in [0.25, 0.3) is 11.1 Å². The van der Waals surface area contributed by atoms with Crippen molar-refractivity contribution in [1.29, 1.82) is 0 Å². The molecule has 4 rings (SSSR count). The van der Waals surface area contributed by atoms with E-state index in [1.807, 2.05) is 0 Å². The molecule has 2 aromatic carbocycles. The number of hydrogen-bond donors (Lipinski definition) is 1. The summed E-state index contributed by atoms with van der Waals surface area (Å²) in [6.45, 7) is 6.79. The second-order valence-corrected chi connectivity index (χ2v) is 6.53. The van der Waals surface area contributed by atoms with Crippen LogP contribution in [0.15, 0.2) is 54.7 Å². The van der Waals surface area contributed by atoms with Crippen molar-refractivity contribution in [2.45, 2.75) is 32.2 Å². The molecule has 106 valence electrons. The van der Waals surface area contributed by atoms with E-state index in [1.165, 1.54) is 27.9 Å². The van der Waals surface area contributed by atoms with E-state index in [-0.39, 0.29) is 5.41 Å². The molecule has 2 nitrogen and oxygen atoms in total. The van der Waals surface area contributed by atoms with Crippen molar-refractivity contribution in [2.75, 3.05) is 5.01 Å². The van der Waals surface area contributed by atoms with Crippen LogP contribution in [0.2, 0.25) is 0 Å². The van der Waals surface area contributed by atoms with Crippen molar-refractivity contribution in [3.63, 3.8) is 0 Å². The molecular weight excluding hydrogens is 256 g/mol. The fourth-order valence-electron chi connectivity index (χ4n) is 3.52. The highest BCUT2D eigenvalue weighted by Gasteiger charge is 2.35. The van der Waals surface area contributed by atoms with Crippen molar-refractivity contribution in [1.82, 2.24) is 5.43 Å². The highest BCUT2D eigenvalue weighted by molar-refractivity contribution is 5.82. The largest absolute Gasteiger partial charge is 0.284 e. The van der Waals surface area contributed by atoms with Crippen LogP contribution in [0.3, 0.4) is 0 Å². The molecule has 1 unspecified atom stereocenters. The van der Waals surface area contributed by atoms with Gasteiger partial charge in [0.2, 0.25) is 0 Å². The van der Waals surface area contributed by atoms with Crippen LogP contribution in [0.1, 0.15) is 31.9 Å². The monoisotopic (exact) mass is 276 g/mol. The third kappa shape index (κ3) is 1.76. The predicted molar refractivity (Wildman–Crippen MR) is 88.2 cm³/mol. The van der Waals surface area contributed by atoms with Gasteiger partial charge in [-0.05, 0) is 47.4 Å². The molecule has 1 aliphatic carbocycles. The number of hydrogen-bond acceptors (Lipinski definition) is 2. The molecule has 0 fully saturated rings. The van der Waals surface area contributed by atoms with Crippen molar-refractivity contribution in [3.8, 4) is 11.1 Å². The first-order valence-electron chi connectivity index (χ1n) is 7.55. The molecule has 0 spiro atoms. The van der Waals surface area contributed by atoms with E-state index in [0.29, 0.717) is 6.04 Å². The van der Waals surface area contributed by atoms with Gasteiger partial charge in [0, 0.05) is 17.7 Å². The Bertz CT molecular complexity index is 743. The van der Waals surface area contributed by atoms with Crippen LogP contribution < -0.4 is 10.4 Å². The molecule has 2 heteroatoms. The molecule has 0 radical (unpaired) electrons. The number of hydrazine groups is 1. The van der Waals surface area contributed by atoms with Gasteiger partial charge in [-0.2, -0.15) is 0 Å². The normalized spacial score (nSPS) is 21.5. The first-order valence-corrected chi connectivity index (χ1v) is 7.55. The molecule has 0 saturated carbocycles. The van der Waals surface area contributed by atoms with E-state index < -0.39 is 0 Å². The summed E-state index contributed by atoms with van der Waals surface area (Å²) in [4.78, 5) is 0. The Hall–Kier alpha value is -2.06. The van der Waals surface area contributed by atoms with Crippen LogP contribution in [-0.2, 0) is 5.41 Å². The SMILES string of the molecule is CC1C=CN(c2ccc3c(c2)C(C)(C)c2ccccc2-3)N1. The Labute approximate surface area is 126 Å². The van der Waals surface area contributed by atoms with E-state index in [1.54, 1.807) is 0 Å². The van der Waals surface area contributed by atoms with Crippen LogP contribution in [0.5, 0.6) is 0 Å². The van der Waals surface area contributed by atoms with Crippen LogP contribution in [0.4, 0.5) is 5.69 Å². The molecule has 2 aromatic rings. The van der Waals surface area contributed by atoms with Gasteiger partial charge in [0.05, 0.1) is 5.69 Å². The number of nitrogens with zero attached hydrogens (tertiary/aromatic N) is 1. The Morgan fingerprint density at radius 3 is 2.52 bits per heavy atom. The van der Waals surface area contributed by atoms with Gasteiger partial charge in [0.1, 0.15) is 0 Å². The summed E-state index contributed by atoms with van der Waals surface area (Å²) < 4.78 is 0. The smallest absolute Gasteiger partial charge is 0.0574 e. The number of benzene rings is 2. The maximum atomic E-state index is 3.43. The number of anilines is 1. The van der Waals surface area contributed by atoms with Gasteiger partial charge in [0.15, 0.2) is 0 Å². The molecule has 1 N–H and O–H groups in total. The van der Waals surface area contributed by atoms with E-state index in [2.05, 4.69) is 85.9 Å². The lowest BCUT2D eigenvalue weighted by molar-refractivity contribution is 0.656. The van der Waals surface area contributed by atoms with Crippen molar-refractivity contribution >= 4 is 5.69 Å². The fourth-order valence-corrected chi connectivity index (χ4v) is 3.52. The topological polar surface area (TPSA) is 15.3 Å². The predicted octanol–water partition coefficient (Wildman–Crippen LogP) is 4.22. The summed E-state index contributed by atoms with van der Waals surface area (Å²) in [5.74, 6) is 0. The van der Waals surface area contributed by atoms with Crippen molar-refractivity contribution < 1.29 is 0 Å². The maximum absolute atomic E-state index is 3.43. The Morgan fingerprint density at radius 1 is 1.00 bits per heavy atom. The van der Waals surface area contributed by atoms with Gasteiger partial charge < -0.3 is 0 Å². The van der Waals surface area contributed by atoms with Crippen LogP contribution in [0, 0.1) is 0 Å². The third-order valence-corrected chi connectivity index (χ3v) is 4.71. The van der Waals surface area contributed by atoms with Gasteiger partial charge in [-0.15, -0.1) is 0 Å². The summed E-state index contributed by atoms with van der Waals surface area (Å²) in [5.41, 5.74) is 10.3. The van der Waals surface area contributed by atoms with E-state index in [4.69, 9.17) is 0 Å². The Kier molecular flexibility index (Phi) is 2.54. The van der Waals surface area contributed by atoms with Gasteiger partial charge in [-0.25, -0.2) is 5.43 Å². The zero-order valence-electron chi connectivity index (χ0n) is 12.7. The molecule has 1 aliphatic heterocycles. The fraction of sp³-hybridized carbons (Fsp3) is 0.263. The zero-order chi connectivity index (χ0) is 14.6. The van der Waals surface area contributed by atoms with Crippen molar-refractivity contribution in [3.05, 3.63) is 65.9 Å². The molecule has 0 amide bonds. The van der Waals surface area contributed by atoms with Gasteiger partial charge in [0.25, 0.3) is 0 Å². The van der Waals surface area contributed by atoms with Crippen LogP contribution in [-0.4, -0.2) is 6.04 Å². The highest BCUT2D eigenvalue weighted by atomic mass is 15.5. The minimum Gasteiger partial charge on any atom is -0.284 e. The Morgan fingerprint density at radius 2 is 1.76 bits per heavy atom. The molecule has 0 aromatic heterocycles. The molecule has 21 heavy (non-hydrogen) atoms. The molecule has 0 saturated heterocycles. The lowest BCUT2D eigenvalue weighted by Gasteiger charge is -2.24. The minimum absolute atomic E-state index is 0.0665. The number of nitrogens with one attached hydrogen (secondary N) is 1. The number of rotatable bonds is 1. The molecule has 0 bridgehead atoms. The van der Waals surface area contributed by atoms with E-state index in [9.17, 15) is 0 Å².